The third kappa shape index (κ3) is 7.99. The van der Waals surface area contributed by atoms with E-state index in [0.29, 0.717) is 52.9 Å². The summed E-state index contributed by atoms with van der Waals surface area (Å²) in [5.74, 6) is 0.396. The van der Waals surface area contributed by atoms with Gasteiger partial charge in [-0.05, 0) is 42.8 Å². The van der Waals surface area contributed by atoms with Gasteiger partial charge in [-0.25, -0.2) is 18.3 Å². The number of nitrogens with zero attached hydrogens (tertiary/aromatic N) is 4. The molecule has 0 amide bonds. The fraction of sp³-hybridized carbons (Fsp3) is 0.333. The van der Waals surface area contributed by atoms with Crippen LogP contribution in [0.5, 0.6) is 23.0 Å². The molecule has 0 saturated carbocycles. The maximum Gasteiger partial charge on any atom is 0.301 e. The van der Waals surface area contributed by atoms with Crippen LogP contribution in [0.1, 0.15) is 6.42 Å². The van der Waals surface area contributed by atoms with E-state index in [4.69, 9.17) is 27.3 Å². The summed E-state index contributed by atoms with van der Waals surface area (Å²) in [6.45, 7) is 0.108. The van der Waals surface area contributed by atoms with Gasteiger partial charge in [-0.3, -0.25) is 0 Å². The molecule has 49 heavy (non-hydrogen) atoms. The van der Waals surface area contributed by atoms with Gasteiger partial charge in [0.15, 0.2) is 23.0 Å². The molecule has 14 nitrogen and oxygen atoms in total. The van der Waals surface area contributed by atoms with Gasteiger partial charge in [0.2, 0.25) is 0 Å². The van der Waals surface area contributed by atoms with E-state index in [2.05, 4.69) is 9.97 Å². The molecule has 0 spiro atoms. The predicted octanol–water partition coefficient (Wildman–Crippen LogP) is 4.17. The second-order valence-electron chi connectivity index (χ2n) is 11.1. The number of rotatable bonds is 12. The normalized spacial score (nSPS) is 15.0. The lowest BCUT2D eigenvalue weighted by Gasteiger charge is -2.41. The minimum atomic E-state index is -4.30. The lowest BCUT2D eigenvalue weighted by Crippen LogP contribution is -2.60. The third-order valence-electron chi connectivity index (χ3n) is 7.70. The first kappa shape index (κ1) is 35.7. The largest absolute Gasteiger partial charge is 0.493 e. The number of benzene rings is 2. The maximum absolute atomic E-state index is 12.8. The molecule has 0 atom stereocenters. The van der Waals surface area contributed by atoms with Crippen LogP contribution >= 0.6 is 0 Å². The highest BCUT2D eigenvalue weighted by molar-refractivity contribution is 7.86. The molecule has 0 radical (unpaired) electrons. The Kier molecular flexibility index (Phi) is 10.5. The smallest absolute Gasteiger partial charge is 0.301 e. The summed E-state index contributed by atoms with van der Waals surface area (Å²) < 4.78 is 84.3. The maximum atomic E-state index is 12.8. The van der Waals surface area contributed by atoms with Gasteiger partial charge < -0.3 is 28.7 Å². The molecule has 5 rings (SSSR count). The minimum absolute atomic E-state index is 0.120. The Bertz CT molecular complexity index is 1960. The second-order valence-corrected chi connectivity index (χ2v) is 14.3. The molecule has 4 aromatic rings. The van der Waals surface area contributed by atoms with Crippen molar-refractivity contribution in [2.24, 2.45) is 0 Å². The molecule has 1 aliphatic rings. The molecule has 16 heteroatoms. The Morgan fingerprint density at radius 2 is 1.12 bits per heavy atom. The van der Waals surface area contributed by atoms with E-state index in [1.165, 1.54) is 19.1 Å². The highest BCUT2D eigenvalue weighted by Gasteiger charge is 2.50. The van der Waals surface area contributed by atoms with Crippen LogP contribution in [-0.4, -0.2) is 93.3 Å². The zero-order chi connectivity index (χ0) is 35.4. The van der Waals surface area contributed by atoms with Crippen LogP contribution < -0.4 is 28.7 Å². The zero-order valence-electron chi connectivity index (χ0n) is 27.9. The molecule has 0 unspecified atom stereocenters. The topological polar surface area (TPSA) is 156 Å². The van der Waals surface area contributed by atoms with Crippen LogP contribution in [0.25, 0.3) is 22.3 Å². The molecule has 2 aromatic carbocycles. The molecule has 1 fully saturated rings. The molecule has 0 aliphatic carbocycles. The third-order valence-corrected chi connectivity index (χ3v) is 8.83. The second kappa shape index (κ2) is 14.5. The first-order chi connectivity index (χ1) is 23.3. The predicted molar refractivity (Wildman–Crippen MR) is 184 cm³/mol. The van der Waals surface area contributed by atoms with Crippen LogP contribution in [0.4, 0.5) is 11.6 Å². The van der Waals surface area contributed by atoms with Crippen molar-refractivity contribution in [1.82, 2.24) is 9.97 Å². The zero-order valence-corrected chi connectivity index (χ0v) is 29.6. The average molecular weight is 715 g/mol. The van der Waals surface area contributed by atoms with Gasteiger partial charge in [-0.2, -0.15) is 16.8 Å². The minimum Gasteiger partial charge on any atom is -0.493 e. The van der Waals surface area contributed by atoms with Gasteiger partial charge in [0.25, 0.3) is 20.2 Å². The number of aromatic nitrogens is 2. The van der Waals surface area contributed by atoms with Gasteiger partial charge >= 0.3 is 5.91 Å². The van der Waals surface area contributed by atoms with E-state index in [0.717, 1.165) is 23.6 Å². The first-order valence-corrected chi connectivity index (χ1v) is 18.6. The quantitative estimate of drug-likeness (QED) is 0.152. The highest BCUT2D eigenvalue weighted by Crippen LogP contribution is 2.40. The molecule has 3 heterocycles. The molecule has 2 aromatic heterocycles. The lowest BCUT2D eigenvalue weighted by atomic mass is 10.1. The molecule has 262 valence electrons. The van der Waals surface area contributed by atoms with Crippen LogP contribution in [0.2, 0.25) is 0 Å². The number of pyridine rings is 2. The summed E-state index contributed by atoms with van der Waals surface area (Å²) in [4.78, 5) is 12.4. The summed E-state index contributed by atoms with van der Waals surface area (Å²) in [6.07, 6.45) is 5.29. The van der Waals surface area contributed by atoms with E-state index < -0.39 is 26.1 Å². The summed E-state index contributed by atoms with van der Waals surface area (Å²) in [6, 6.07) is 17.9. The lowest BCUT2D eigenvalue weighted by molar-refractivity contribution is -0.0948. The summed E-state index contributed by atoms with van der Waals surface area (Å²) in [7, 11) is -2.44. The van der Waals surface area contributed by atoms with Crippen molar-refractivity contribution in [3.05, 3.63) is 73.1 Å². The standard InChI is InChI=1S/C33H38N4O10S2/c1-42-27-12-7-10-25(31(27)44-3)23-14-16-29(34-20-23)36-18-9-19-37(33(22-36,46-48(5,38)39)47-49(6,40)41)30-17-15-24(21-35-30)26-11-8-13-28(43-2)32(26)45-4/h7-8,10-17,20-21H,9,18-19,22H2,1-6H3. The Balaban J connectivity index is 1.55. The SMILES string of the molecule is COc1cccc(-c2ccc(N3CCCN(c4ccc(-c5cccc(OC)c5OC)cn4)C(OS(C)(=O)=O)(OS(C)(=O)=O)C3)nc2)c1OC. The van der Waals surface area contributed by atoms with Crippen LogP contribution in [0.3, 0.4) is 0 Å². The van der Waals surface area contributed by atoms with Crippen LogP contribution in [0, 0.1) is 0 Å². The van der Waals surface area contributed by atoms with Gasteiger partial charge in [0, 0.05) is 47.7 Å². The number of hydrogen-bond donors (Lipinski definition) is 0. The summed E-state index contributed by atoms with van der Waals surface area (Å²) in [5.41, 5.74) is 2.86. The van der Waals surface area contributed by atoms with E-state index >= 15 is 0 Å². The fourth-order valence-electron chi connectivity index (χ4n) is 5.78. The number of anilines is 2. The molecular weight excluding hydrogens is 677 g/mol. The van der Waals surface area contributed by atoms with E-state index in [1.54, 1.807) is 61.8 Å². The number of hydrogen-bond acceptors (Lipinski definition) is 14. The molecule has 1 saturated heterocycles. The Morgan fingerprint density at radius 3 is 1.53 bits per heavy atom. The monoisotopic (exact) mass is 714 g/mol. The van der Waals surface area contributed by atoms with Gasteiger partial charge in [-0.15, -0.1) is 0 Å². The van der Waals surface area contributed by atoms with E-state index in [-0.39, 0.29) is 18.9 Å². The van der Waals surface area contributed by atoms with Crippen molar-refractivity contribution in [3.8, 4) is 45.3 Å². The van der Waals surface area contributed by atoms with E-state index in [9.17, 15) is 16.8 Å². The first-order valence-electron chi connectivity index (χ1n) is 15.0. The number of ether oxygens (including phenoxy) is 4. The van der Waals surface area contributed by atoms with Crippen molar-refractivity contribution >= 4 is 31.9 Å². The highest BCUT2D eigenvalue weighted by atomic mass is 32.2. The Labute approximate surface area is 286 Å². The molecule has 1 aliphatic heterocycles. The molecule has 0 bridgehead atoms. The van der Waals surface area contributed by atoms with Crippen LogP contribution in [-0.2, 0) is 28.6 Å². The van der Waals surface area contributed by atoms with Crippen LogP contribution in [0.15, 0.2) is 73.1 Å². The van der Waals surface area contributed by atoms with E-state index in [1.807, 2.05) is 30.3 Å². The van der Waals surface area contributed by atoms with Crippen molar-refractivity contribution in [2.45, 2.75) is 12.3 Å². The Hall–Kier alpha value is -4.64. The Morgan fingerprint density at radius 1 is 0.633 bits per heavy atom. The van der Waals surface area contributed by atoms with Gasteiger partial charge in [0.1, 0.15) is 11.6 Å². The molecule has 0 N–H and O–H groups in total. The summed E-state index contributed by atoms with van der Waals surface area (Å²) >= 11 is 0. The number of para-hydroxylation sites is 2. The molecular formula is C33H38N4O10S2. The van der Waals surface area contributed by atoms with Crippen molar-refractivity contribution in [1.29, 1.82) is 0 Å². The average Bonchev–Trinajstić information content (AvgIpc) is 3.24. The van der Waals surface area contributed by atoms with Crippen molar-refractivity contribution < 1.29 is 44.1 Å². The number of methoxy groups -OCH3 is 4. The van der Waals surface area contributed by atoms with Gasteiger partial charge in [-0.1, -0.05) is 24.3 Å². The van der Waals surface area contributed by atoms with Crippen molar-refractivity contribution in [3.63, 3.8) is 0 Å². The van der Waals surface area contributed by atoms with Gasteiger partial charge in [0.05, 0.1) is 47.5 Å². The van der Waals surface area contributed by atoms with Crippen molar-refractivity contribution in [2.75, 3.05) is 70.4 Å². The summed E-state index contributed by atoms with van der Waals surface area (Å²) in [5, 5.41) is 0. The fourth-order valence-corrected chi connectivity index (χ4v) is 7.12.